The number of aliphatic carboxylic acids is 1. The highest BCUT2D eigenvalue weighted by molar-refractivity contribution is 5.94. The molecule has 2 heterocycles. The molecular weight excluding hydrogens is 366 g/mol. The van der Waals surface area contributed by atoms with Crippen LogP contribution in [0.4, 0.5) is 5.69 Å². The van der Waals surface area contributed by atoms with Crippen molar-refractivity contribution in [3.63, 3.8) is 0 Å². The molecule has 0 spiro atoms. The first-order valence-electron chi connectivity index (χ1n) is 9.72. The number of furan rings is 1. The van der Waals surface area contributed by atoms with Crippen LogP contribution in [-0.2, 0) is 11.3 Å². The van der Waals surface area contributed by atoms with Gasteiger partial charge in [0.25, 0.3) is 0 Å². The van der Waals surface area contributed by atoms with Crippen LogP contribution in [0.1, 0.15) is 24.5 Å². The van der Waals surface area contributed by atoms with Gasteiger partial charge in [0.15, 0.2) is 0 Å². The topological polar surface area (TPSA) is 62.9 Å². The standard InChI is InChI=1S/C24H23NO4/c1-2-29-23-6-4-3-5-21(23)18-7-8-22-20(13-18)14-19(24(26)27)9-11-25(22)15-17-10-12-28-16-17/h3-8,10,12-14,16H,2,9,11,15H2,1H3,(H,26,27). The molecule has 0 amide bonds. The Morgan fingerprint density at radius 1 is 1.21 bits per heavy atom. The molecule has 29 heavy (non-hydrogen) atoms. The van der Waals surface area contributed by atoms with Crippen LogP contribution in [0.2, 0.25) is 0 Å². The van der Waals surface area contributed by atoms with E-state index < -0.39 is 5.97 Å². The second-order valence-electron chi connectivity index (χ2n) is 6.98. The molecule has 1 aliphatic heterocycles. The third-order valence-electron chi connectivity index (χ3n) is 5.08. The number of fused-ring (bicyclic) bond motifs is 1. The van der Waals surface area contributed by atoms with Gasteiger partial charge in [0.1, 0.15) is 5.75 Å². The maximum Gasteiger partial charge on any atom is 0.331 e. The Bertz CT molecular complexity index is 1040. The van der Waals surface area contributed by atoms with Crippen LogP contribution in [0.3, 0.4) is 0 Å². The van der Waals surface area contributed by atoms with Crippen LogP contribution in [0.15, 0.2) is 71.0 Å². The summed E-state index contributed by atoms with van der Waals surface area (Å²) in [4.78, 5) is 13.9. The van der Waals surface area contributed by atoms with Gasteiger partial charge < -0.3 is 19.2 Å². The van der Waals surface area contributed by atoms with Gasteiger partial charge in [0, 0.05) is 35.5 Å². The van der Waals surface area contributed by atoms with Gasteiger partial charge in [-0.1, -0.05) is 24.3 Å². The molecule has 0 bridgehead atoms. The molecular formula is C24H23NO4. The molecule has 5 heteroatoms. The molecule has 2 aromatic carbocycles. The molecule has 5 nitrogen and oxygen atoms in total. The second-order valence-corrected chi connectivity index (χ2v) is 6.98. The monoisotopic (exact) mass is 389 g/mol. The fourth-order valence-electron chi connectivity index (χ4n) is 3.68. The van der Waals surface area contributed by atoms with Crippen molar-refractivity contribution in [2.24, 2.45) is 0 Å². The van der Waals surface area contributed by atoms with E-state index in [2.05, 4.69) is 17.0 Å². The number of rotatable bonds is 6. The maximum absolute atomic E-state index is 11.7. The number of hydrogen-bond donors (Lipinski definition) is 1. The molecule has 0 saturated heterocycles. The molecule has 0 aliphatic carbocycles. The van der Waals surface area contributed by atoms with Gasteiger partial charge in [-0.3, -0.25) is 0 Å². The number of carbonyl (C=O) groups is 1. The number of para-hydroxylation sites is 1. The third kappa shape index (κ3) is 4.04. The molecule has 1 aromatic heterocycles. The molecule has 0 radical (unpaired) electrons. The van der Waals surface area contributed by atoms with Gasteiger partial charge in [-0.15, -0.1) is 0 Å². The zero-order valence-corrected chi connectivity index (χ0v) is 16.3. The number of carboxylic acids is 1. The highest BCUT2D eigenvalue weighted by Gasteiger charge is 2.20. The number of ether oxygens (including phenoxy) is 1. The van der Waals surface area contributed by atoms with Gasteiger partial charge in [0.05, 0.1) is 19.1 Å². The lowest BCUT2D eigenvalue weighted by Gasteiger charge is -2.25. The van der Waals surface area contributed by atoms with Crippen molar-refractivity contribution in [3.8, 4) is 16.9 Å². The number of carboxylic acid groups (broad SMARTS) is 1. The van der Waals surface area contributed by atoms with Crippen molar-refractivity contribution in [3.05, 3.63) is 77.8 Å². The lowest BCUT2D eigenvalue weighted by atomic mass is 9.99. The summed E-state index contributed by atoms with van der Waals surface area (Å²) < 4.78 is 11.0. The Kier molecular flexibility index (Phi) is 5.38. The van der Waals surface area contributed by atoms with Gasteiger partial charge in [-0.05, 0) is 54.8 Å². The normalized spacial score (nSPS) is 13.4. The average Bonchev–Trinajstić information content (AvgIpc) is 3.16. The molecule has 0 unspecified atom stereocenters. The largest absolute Gasteiger partial charge is 0.493 e. The number of hydrogen-bond acceptors (Lipinski definition) is 4. The lowest BCUT2D eigenvalue weighted by molar-refractivity contribution is -0.132. The highest BCUT2D eigenvalue weighted by Crippen LogP contribution is 2.36. The van der Waals surface area contributed by atoms with Crippen molar-refractivity contribution >= 4 is 17.7 Å². The van der Waals surface area contributed by atoms with E-state index in [1.807, 2.05) is 43.3 Å². The predicted octanol–water partition coefficient (Wildman–Crippen LogP) is 5.22. The molecule has 1 aliphatic rings. The number of anilines is 1. The first-order chi connectivity index (χ1) is 14.2. The third-order valence-corrected chi connectivity index (χ3v) is 5.08. The van der Waals surface area contributed by atoms with E-state index in [9.17, 15) is 9.90 Å². The van der Waals surface area contributed by atoms with Crippen LogP contribution in [0.25, 0.3) is 17.2 Å². The number of benzene rings is 2. The van der Waals surface area contributed by atoms with Crippen LogP contribution in [0.5, 0.6) is 5.75 Å². The fourth-order valence-corrected chi connectivity index (χ4v) is 3.68. The Morgan fingerprint density at radius 2 is 2.07 bits per heavy atom. The molecule has 0 atom stereocenters. The first-order valence-corrected chi connectivity index (χ1v) is 9.72. The summed E-state index contributed by atoms with van der Waals surface area (Å²) in [5.41, 5.74) is 5.37. The number of nitrogens with zero attached hydrogens (tertiary/aromatic N) is 1. The van der Waals surface area contributed by atoms with Crippen molar-refractivity contribution in [2.75, 3.05) is 18.1 Å². The average molecular weight is 389 g/mol. The Balaban J connectivity index is 1.78. The fraction of sp³-hybridized carbons (Fsp3) is 0.208. The minimum Gasteiger partial charge on any atom is -0.493 e. The van der Waals surface area contributed by atoms with Crippen molar-refractivity contribution < 1.29 is 19.1 Å². The van der Waals surface area contributed by atoms with E-state index in [-0.39, 0.29) is 0 Å². The van der Waals surface area contributed by atoms with Crippen LogP contribution in [0, 0.1) is 0 Å². The highest BCUT2D eigenvalue weighted by atomic mass is 16.5. The summed E-state index contributed by atoms with van der Waals surface area (Å²) in [6.45, 7) is 3.84. The molecule has 1 N–H and O–H groups in total. The second kappa shape index (κ2) is 8.27. The summed E-state index contributed by atoms with van der Waals surface area (Å²) in [6, 6.07) is 16.0. The molecule has 148 valence electrons. The zero-order chi connectivity index (χ0) is 20.2. The van der Waals surface area contributed by atoms with E-state index in [1.54, 1.807) is 18.6 Å². The Labute approximate surface area is 169 Å². The quantitative estimate of drug-likeness (QED) is 0.626. The first kappa shape index (κ1) is 18.9. The van der Waals surface area contributed by atoms with E-state index in [4.69, 9.17) is 9.15 Å². The molecule has 0 fully saturated rings. The van der Waals surface area contributed by atoms with Gasteiger partial charge in [0.2, 0.25) is 0 Å². The van der Waals surface area contributed by atoms with Gasteiger partial charge in [-0.25, -0.2) is 4.79 Å². The van der Waals surface area contributed by atoms with E-state index in [0.717, 1.165) is 33.7 Å². The summed E-state index contributed by atoms with van der Waals surface area (Å²) >= 11 is 0. The van der Waals surface area contributed by atoms with Gasteiger partial charge in [-0.2, -0.15) is 0 Å². The van der Waals surface area contributed by atoms with E-state index >= 15 is 0 Å². The Morgan fingerprint density at radius 3 is 2.83 bits per heavy atom. The molecule has 0 saturated carbocycles. The van der Waals surface area contributed by atoms with Crippen molar-refractivity contribution in [1.29, 1.82) is 0 Å². The van der Waals surface area contributed by atoms with Crippen molar-refractivity contribution in [2.45, 2.75) is 19.9 Å². The molecule has 3 aromatic rings. The van der Waals surface area contributed by atoms with Crippen molar-refractivity contribution in [1.82, 2.24) is 0 Å². The zero-order valence-electron chi connectivity index (χ0n) is 16.3. The smallest absolute Gasteiger partial charge is 0.331 e. The summed E-state index contributed by atoms with van der Waals surface area (Å²) in [7, 11) is 0. The predicted molar refractivity (Wildman–Crippen MR) is 113 cm³/mol. The van der Waals surface area contributed by atoms with Crippen LogP contribution in [-0.4, -0.2) is 24.2 Å². The minimum atomic E-state index is -0.874. The van der Waals surface area contributed by atoms with Crippen LogP contribution >= 0.6 is 0 Å². The maximum atomic E-state index is 11.7. The minimum absolute atomic E-state index is 0.413. The van der Waals surface area contributed by atoms with Crippen LogP contribution < -0.4 is 9.64 Å². The van der Waals surface area contributed by atoms with Gasteiger partial charge >= 0.3 is 5.97 Å². The van der Waals surface area contributed by atoms with E-state index in [1.165, 1.54) is 0 Å². The summed E-state index contributed by atoms with van der Waals surface area (Å²) in [5.74, 6) is -0.0532. The molecule has 4 rings (SSSR count). The lowest BCUT2D eigenvalue weighted by Crippen LogP contribution is -2.24. The Hall–Kier alpha value is -3.47. The summed E-state index contributed by atoms with van der Waals surface area (Å²) in [6.07, 6.45) is 5.65. The van der Waals surface area contributed by atoms with E-state index in [0.29, 0.717) is 31.7 Å². The summed E-state index contributed by atoms with van der Waals surface area (Å²) in [5, 5.41) is 9.61. The SMILES string of the molecule is CCOc1ccccc1-c1ccc2c(c1)C=C(C(=O)O)CCN2Cc1ccoc1.